The quantitative estimate of drug-likeness (QED) is 0.642. The third-order valence-corrected chi connectivity index (χ3v) is 2.26. The number of rotatable bonds is 6. The van der Waals surface area contributed by atoms with Crippen molar-refractivity contribution >= 4 is 17.8 Å². The molecular weight excluding hydrogens is 236 g/mol. The second-order valence-corrected chi connectivity index (χ2v) is 3.78. The van der Waals surface area contributed by atoms with Gasteiger partial charge in [-0.2, -0.15) is 0 Å². The molecule has 0 saturated heterocycles. The normalized spacial score (nSPS) is 11.6. The summed E-state index contributed by atoms with van der Waals surface area (Å²) in [4.78, 5) is 33.1. The number of primary amides is 1. The molecule has 0 aromatic heterocycles. The van der Waals surface area contributed by atoms with E-state index in [4.69, 9.17) is 10.8 Å². The van der Waals surface area contributed by atoms with E-state index in [-0.39, 0.29) is 6.42 Å². The Hall–Kier alpha value is -2.37. The van der Waals surface area contributed by atoms with E-state index in [1.54, 1.807) is 24.3 Å². The molecule has 0 heterocycles. The maximum absolute atomic E-state index is 11.6. The highest BCUT2D eigenvalue weighted by Crippen LogP contribution is 2.00. The summed E-state index contributed by atoms with van der Waals surface area (Å²) in [7, 11) is 0. The van der Waals surface area contributed by atoms with Crippen LogP contribution in [0.2, 0.25) is 0 Å². The molecular formula is C12H14N2O4. The van der Waals surface area contributed by atoms with Gasteiger partial charge in [0, 0.05) is 0 Å². The molecule has 0 unspecified atom stereocenters. The highest BCUT2D eigenvalue weighted by atomic mass is 16.4. The zero-order valence-electron chi connectivity index (χ0n) is 9.63. The number of nitrogens with one attached hydrogen (secondary N) is 1. The lowest BCUT2D eigenvalue weighted by atomic mass is 10.1. The first kappa shape index (κ1) is 13.7. The summed E-state index contributed by atoms with van der Waals surface area (Å²) in [6.45, 7) is 0. The number of carbonyl (C=O) groups excluding carboxylic acids is 2. The van der Waals surface area contributed by atoms with Crippen LogP contribution in [0.1, 0.15) is 12.0 Å². The van der Waals surface area contributed by atoms with Gasteiger partial charge in [0.2, 0.25) is 11.8 Å². The first-order chi connectivity index (χ1) is 8.49. The summed E-state index contributed by atoms with van der Waals surface area (Å²) in [6.07, 6.45) is -0.444. The molecule has 4 N–H and O–H groups in total. The molecule has 0 aliphatic heterocycles. The summed E-state index contributed by atoms with van der Waals surface area (Å²) >= 11 is 0. The monoisotopic (exact) mass is 250 g/mol. The fourth-order valence-electron chi connectivity index (χ4n) is 1.42. The van der Waals surface area contributed by atoms with E-state index < -0.39 is 30.2 Å². The molecule has 1 rings (SSSR count). The Morgan fingerprint density at radius 1 is 1.22 bits per heavy atom. The van der Waals surface area contributed by atoms with E-state index in [1.807, 2.05) is 6.07 Å². The second kappa shape index (κ2) is 6.39. The Morgan fingerprint density at radius 2 is 1.83 bits per heavy atom. The zero-order chi connectivity index (χ0) is 13.5. The molecule has 0 bridgehead atoms. The minimum atomic E-state index is -1.20. The molecule has 2 amide bonds. The fraction of sp³-hybridized carbons (Fsp3) is 0.250. The van der Waals surface area contributed by atoms with Crippen molar-refractivity contribution in [1.82, 2.24) is 5.32 Å². The molecule has 96 valence electrons. The van der Waals surface area contributed by atoms with E-state index in [9.17, 15) is 14.4 Å². The van der Waals surface area contributed by atoms with Crippen molar-refractivity contribution < 1.29 is 19.5 Å². The first-order valence-electron chi connectivity index (χ1n) is 5.33. The van der Waals surface area contributed by atoms with E-state index in [0.717, 1.165) is 5.56 Å². The van der Waals surface area contributed by atoms with Gasteiger partial charge in [0.25, 0.3) is 0 Å². The van der Waals surface area contributed by atoms with Crippen LogP contribution in [0.4, 0.5) is 0 Å². The molecule has 0 spiro atoms. The van der Waals surface area contributed by atoms with E-state index >= 15 is 0 Å². The van der Waals surface area contributed by atoms with E-state index in [0.29, 0.717) is 0 Å². The number of nitrogens with two attached hydrogens (primary N) is 1. The molecule has 0 fully saturated rings. The van der Waals surface area contributed by atoms with Crippen LogP contribution in [0.5, 0.6) is 0 Å². The van der Waals surface area contributed by atoms with Crippen LogP contribution in [0.25, 0.3) is 0 Å². The van der Waals surface area contributed by atoms with Crippen LogP contribution >= 0.6 is 0 Å². The minimum Gasteiger partial charge on any atom is -0.481 e. The standard InChI is InChI=1S/C12H14N2O4/c13-12(18)9(7-11(16)17)14-10(15)6-8-4-2-1-3-5-8/h1-5,9H,6-7H2,(H2,13,18)(H,14,15)(H,16,17)/t9-/m1/s1. The van der Waals surface area contributed by atoms with Gasteiger partial charge in [-0.15, -0.1) is 0 Å². The average Bonchev–Trinajstić information content (AvgIpc) is 2.28. The third kappa shape index (κ3) is 4.65. The lowest BCUT2D eigenvalue weighted by molar-refractivity contribution is -0.140. The lowest BCUT2D eigenvalue weighted by Crippen LogP contribution is -2.46. The molecule has 1 atom stereocenters. The number of aliphatic carboxylic acids is 1. The Labute approximate surface area is 104 Å². The Morgan fingerprint density at radius 3 is 2.33 bits per heavy atom. The first-order valence-corrected chi connectivity index (χ1v) is 5.33. The van der Waals surface area contributed by atoms with Crippen LogP contribution < -0.4 is 11.1 Å². The van der Waals surface area contributed by atoms with Crippen LogP contribution in [0, 0.1) is 0 Å². The Kier molecular flexibility index (Phi) is 4.86. The predicted molar refractivity (Wildman–Crippen MR) is 63.5 cm³/mol. The molecule has 0 aliphatic carbocycles. The van der Waals surface area contributed by atoms with Crippen LogP contribution in [-0.2, 0) is 20.8 Å². The summed E-state index contributed by atoms with van der Waals surface area (Å²) in [6, 6.07) is 7.72. The number of carboxylic acids is 1. The maximum atomic E-state index is 11.6. The highest BCUT2D eigenvalue weighted by Gasteiger charge is 2.21. The molecule has 6 nitrogen and oxygen atoms in total. The van der Waals surface area contributed by atoms with E-state index in [2.05, 4.69) is 5.32 Å². The van der Waals surface area contributed by atoms with Crippen molar-refractivity contribution in [1.29, 1.82) is 0 Å². The predicted octanol–water partition coefficient (Wildman–Crippen LogP) is -0.326. The number of carboxylic acid groups (broad SMARTS) is 1. The van der Waals surface area contributed by atoms with Gasteiger partial charge >= 0.3 is 5.97 Å². The Bertz CT molecular complexity index is 445. The molecule has 1 aromatic rings. The Balaban J connectivity index is 2.56. The SMILES string of the molecule is NC(=O)[C@@H](CC(=O)O)NC(=O)Cc1ccccc1. The van der Waals surface area contributed by atoms with Crippen molar-refractivity contribution in [3.8, 4) is 0 Å². The van der Waals surface area contributed by atoms with Gasteiger partial charge in [0.1, 0.15) is 6.04 Å². The van der Waals surface area contributed by atoms with Crippen molar-refractivity contribution in [2.24, 2.45) is 5.73 Å². The van der Waals surface area contributed by atoms with Gasteiger partial charge in [-0.1, -0.05) is 30.3 Å². The van der Waals surface area contributed by atoms with Gasteiger partial charge in [0.05, 0.1) is 12.8 Å². The summed E-state index contributed by atoms with van der Waals surface area (Å²) < 4.78 is 0. The van der Waals surface area contributed by atoms with Crippen molar-refractivity contribution in [3.05, 3.63) is 35.9 Å². The van der Waals surface area contributed by atoms with E-state index in [1.165, 1.54) is 0 Å². The molecule has 0 aliphatic rings. The van der Waals surface area contributed by atoms with Crippen molar-refractivity contribution in [3.63, 3.8) is 0 Å². The largest absolute Gasteiger partial charge is 0.481 e. The number of hydrogen-bond acceptors (Lipinski definition) is 3. The van der Waals surface area contributed by atoms with Gasteiger partial charge < -0.3 is 16.2 Å². The van der Waals surface area contributed by atoms with Gasteiger partial charge in [-0.05, 0) is 5.56 Å². The minimum absolute atomic E-state index is 0.0736. The van der Waals surface area contributed by atoms with Crippen LogP contribution in [-0.4, -0.2) is 28.9 Å². The topological polar surface area (TPSA) is 109 Å². The zero-order valence-corrected chi connectivity index (χ0v) is 9.63. The smallest absolute Gasteiger partial charge is 0.305 e. The lowest BCUT2D eigenvalue weighted by Gasteiger charge is -2.13. The molecule has 18 heavy (non-hydrogen) atoms. The molecule has 0 saturated carbocycles. The summed E-state index contributed by atoms with van der Waals surface area (Å²) in [5.74, 6) is -2.50. The molecule has 6 heteroatoms. The summed E-state index contributed by atoms with van der Waals surface area (Å²) in [5.41, 5.74) is 5.78. The van der Waals surface area contributed by atoms with Crippen molar-refractivity contribution in [2.45, 2.75) is 18.9 Å². The van der Waals surface area contributed by atoms with Gasteiger partial charge in [0.15, 0.2) is 0 Å². The third-order valence-electron chi connectivity index (χ3n) is 2.26. The fourth-order valence-corrected chi connectivity index (χ4v) is 1.42. The number of carbonyl (C=O) groups is 3. The number of benzene rings is 1. The number of hydrogen-bond donors (Lipinski definition) is 3. The highest BCUT2D eigenvalue weighted by molar-refractivity contribution is 5.90. The van der Waals surface area contributed by atoms with Crippen LogP contribution in [0.3, 0.4) is 0 Å². The molecule has 1 aromatic carbocycles. The van der Waals surface area contributed by atoms with Gasteiger partial charge in [-0.3, -0.25) is 14.4 Å². The summed E-state index contributed by atoms with van der Waals surface area (Å²) in [5, 5.41) is 10.9. The number of amides is 2. The average molecular weight is 250 g/mol. The van der Waals surface area contributed by atoms with Crippen LogP contribution in [0.15, 0.2) is 30.3 Å². The molecule has 0 radical (unpaired) electrons. The van der Waals surface area contributed by atoms with Crippen molar-refractivity contribution in [2.75, 3.05) is 0 Å². The second-order valence-electron chi connectivity index (χ2n) is 3.78. The maximum Gasteiger partial charge on any atom is 0.305 e. The van der Waals surface area contributed by atoms with Gasteiger partial charge in [-0.25, -0.2) is 0 Å².